The molecule has 1 aliphatic rings. The number of H-pyrrole nitrogens is 1. The summed E-state index contributed by atoms with van der Waals surface area (Å²) in [7, 11) is 3.59. The highest BCUT2D eigenvalue weighted by Crippen LogP contribution is 2.35. The molecule has 3 aromatic rings. The first-order valence-corrected chi connectivity index (χ1v) is 7.78. The third-order valence-corrected chi connectivity index (χ3v) is 4.00. The van der Waals surface area contributed by atoms with Gasteiger partial charge in [-0.1, -0.05) is 0 Å². The second-order valence-corrected chi connectivity index (χ2v) is 5.92. The number of aryl methyl sites for hydroxylation is 1. The second kappa shape index (κ2) is 5.97. The van der Waals surface area contributed by atoms with Crippen LogP contribution in [0.1, 0.15) is 16.1 Å². The topological polar surface area (TPSA) is 85.3 Å². The minimum atomic E-state index is -0.136. The third kappa shape index (κ3) is 2.93. The van der Waals surface area contributed by atoms with Gasteiger partial charge in [0.2, 0.25) is 6.79 Å². The van der Waals surface area contributed by atoms with Crippen molar-refractivity contribution < 1.29 is 14.3 Å². The van der Waals surface area contributed by atoms with Crippen LogP contribution in [0.15, 0.2) is 36.7 Å². The van der Waals surface area contributed by atoms with Gasteiger partial charge < -0.3 is 14.4 Å². The summed E-state index contributed by atoms with van der Waals surface area (Å²) in [5.74, 6) is 1.26. The Morgan fingerprint density at radius 1 is 1.32 bits per heavy atom. The van der Waals surface area contributed by atoms with Crippen molar-refractivity contribution in [3.63, 3.8) is 0 Å². The second-order valence-electron chi connectivity index (χ2n) is 5.92. The van der Waals surface area contributed by atoms with Crippen LogP contribution in [0.2, 0.25) is 0 Å². The molecular formula is C17H17N5O3. The highest BCUT2D eigenvalue weighted by atomic mass is 16.7. The van der Waals surface area contributed by atoms with E-state index in [4.69, 9.17) is 9.47 Å². The van der Waals surface area contributed by atoms with Gasteiger partial charge in [0.1, 0.15) is 5.69 Å². The minimum Gasteiger partial charge on any atom is -0.454 e. The summed E-state index contributed by atoms with van der Waals surface area (Å²) in [4.78, 5) is 14.2. The van der Waals surface area contributed by atoms with E-state index >= 15 is 0 Å². The average molecular weight is 339 g/mol. The fourth-order valence-corrected chi connectivity index (χ4v) is 2.74. The van der Waals surface area contributed by atoms with Crippen molar-refractivity contribution in [2.24, 2.45) is 7.05 Å². The molecule has 128 valence electrons. The number of ether oxygens (including phenoxy) is 2. The number of nitrogens with one attached hydrogen (secondary N) is 1. The number of hydrogen-bond donors (Lipinski definition) is 1. The Labute approximate surface area is 144 Å². The van der Waals surface area contributed by atoms with Gasteiger partial charge in [-0.3, -0.25) is 14.6 Å². The molecule has 0 atom stereocenters. The highest BCUT2D eigenvalue weighted by molar-refractivity contribution is 5.93. The smallest absolute Gasteiger partial charge is 0.271 e. The molecule has 0 bridgehead atoms. The van der Waals surface area contributed by atoms with E-state index in [2.05, 4.69) is 15.3 Å². The van der Waals surface area contributed by atoms with Crippen molar-refractivity contribution >= 4 is 5.91 Å². The van der Waals surface area contributed by atoms with Crippen molar-refractivity contribution in [2.45, 2.75) is 6.54 Å². The number of amides is 1. The number of carbonyl (C=O) groups excluding carboxylic acids is 1. The fourth-order valence-electron chi connectivity index (χ4n) is 2.74. The molecular weight excluding hydrogens is 322 g/mol. The molecule has 0 unspecified atom stereocenters. The Morgan fingerprint density at radius 2 is 2.16 bits per heavy atom. The molecule has 4 rings (SSSR count). The summed E-state index contributed by atoms with van der Waals surface area (Å²) in [6.45, 7) is 0.702. The van der Waals surface area contributed by atoms with Crippen molar-refractivity contribution in [2.75, 3.05) is 13.8 Å². The van der Waals surface area contributed by atoms with Gasteiger partial charge in [0.15, 0.2) is 11.5 Å². The van der Waals surface area contributed by atoms with Gasteiger partial charge in [-0.25, -0.2) is 0 Å². The lowest BCUT2D eigenvalue weighted by atomic mass is 10.1. The van der Waals surface area contributed by atoms with E-state index in [1.165, 1.54) is 0 Å². The van der Waals surface area contributed by atoms with Crippen LogP contribution in [-0.2, 0) is 13.6 Å². The van der Waals surface area contributed by atoms with E-state index in [1.807, 2.05) is 31.4 Å². The molecule has 25 heavy (non-hydrogen) atoms. The van der Waals surface area contributed by atoms with Crippen molar-refractivity contribution in [1.29, 1.82) is 0 Å². The zero-order chi connectivity index (χ0) is 17.4. The zero-order valence-electron chi connectivity index (χ0n) is 13.9. The lowest BCUT2D eigenvalue weighted by molar-refractivity contribution is 0.0779. The predicted octanol–water partition coefficient (Wildman–Crippen LogP) is 1.81. The van der Waals surface area contributed by atoms with Gasteiger partial charge in [-0.2, -0.15) is 10.2 Å². The largest absolute Gasteiger partial charge is 0.454 e. The maximum Gasteiger partial charge on any atom is 0.271 e. The van der Waals surface area contributed by atoms with Crippen LogP contribution in [-0.4, -0.2) is 44.6 Å². The summed E-state index contributed by atoms with van der Waals surface area (Å²) >= 11 is 0. The lowest BCUT2D eigenvalue weighted by Crippen LogP contribution is -2.26. The molecule has 0 saturated heterocycles. The number of aromatic nitrogens is 4. The Hall–Kier alpha value is -3.29. The standard InChI is InChI=1S/C17H17N5O3/c1-21(8-11-7-18-22(2)9-11)17(23)14-6-13(19-20-14)12-3-4-15-16(5-12)25-10-24-15/h3-7,9H,8,10H2,1-2H3,(H,19,20). The zero-order valence-corrected chi connectivity index (χ0v) is 13.9. The van der Waals surface area contributed by atoms with E-state index in [0.29, 0.717) is 29.4 Å². The molecule has 1 aliphatic heterocycles. The number of hydrogen-bond acceptors (Lipinski definition) is 5. The minimum absolute atomic E-state index is 0.136. The van der Waals surface area contributed by atoms with E-state index in [1.54, 1.807) is 28.9 Å². The number of benzene rings is 1. The van der Waals surface area contributed by atoms with Crippen LogP contribution in [0.5, 0.6) is 11.5 Å². The number of aromatic amines is 1. The van der Waals surface area contributed by atoms with Gasteiger partial charge in [-0.05, 0) is 24.3 Å². The SMILES string of the molecule is CN(Cc1cnn(C)c1)C(=O)c1cc(-c2ccc3c(c2)OCO3)n[nH]1. The van der Waals surface area contributed by atoms with Crippen LogP contribution < -0.4 is 9.47 Å². The molecule has 0 saturated carbocycles. The van der Waals surface area contributed by atoms with Gasteiger partial charge >= 0.3 is 0 Å². The number of nitrogens with zero attached hydrogens (tertiary/aromatic N) is 4. The molecule has 0 aliphatic carbocycles. The van der Waals surface area contributed by atoms with Gasteiger partial charge in [0.25, 0.3) is 5.91 Å². The van der Waals surface area contributed by atoms with Crippen LogP contribution in [0.25, 0.3) is 11.3 Å². The molecule has 2 aromatic heterocycles. The Kier molecular flexibility index (Phi) is 3.64. The third-order valence-electron chi connectivity index (χ3n) is 4.00. The molecule has 0 radical (unpaired) electrons. The molecule has 3 heterocycles. The molecule has 8 heteroatoms. The summed E-state index contributed by atoms with van der Waals surface area (Å²) in [5.41, 5.74) is 2.93. The first-order valence-electron chi connectivity index (χ1n) is 7.78. The van der Waals surface area contributed by atoms with Gasteiger partial charge in [0.05, 0.1) is 11.9 Å². The lowest BCUT2D eigenvalue weighted by Gasteiger charge is -2.14. The summed E-state index contributed by atoms with van der Waals surface area (Å²) in [6.07, 6.45) is 3.63. The quantitative estimate of drug-likeness (QED) is 0.783. The Morgan fingerprint density at radius 3 is 2.96 bits per heavy atom. The van der Waals surface area contributed by atoms with Crippen LogP contribution >= 0.6 is 0 Å². The molecule has 8 nitrogen and oxygen atoms in total. The van der Waals surface area contributed by atoms with Crippen molar-refractivity contribution in [3.8, 4) is 22.8 Å². The molecule has 1 aromatic carbocycles. The van der Waals surface area contributed by atoms with Crippen LogP contribution in [0.4, 0.5) is 0 Å². The van der Waals surface area contributed by atoms with E-state index < -0.39 is 0 Å². The van der Waals surface area contributed by atoms with Gasteiger partial charge in [-0.15, -0.1) is 0 Å². The normalized spacial score (nSPS) is 12.4. The average Bonchev–Trinajstić information content (AvgIpc) is 3.33. The Bertz CT molecular complexity index is 930. The predicted molar refractivity (Wildman–Crippen MR) is 89.2 cm³/mol. The van der Waals surface area contributed by atoms with E-state index in [-0.39, 0.29) is 12.7 Å². The number of carbonyl (C=O) groups is 1. The summed E-state index contributed by atoms with van der Waals surface area (Å²) in [6, 6.07) is 7.31. The monoisotopic (exact) mass is 339 g/mol. The summed E-state index contributed by atoms with van der Waals surface area (Å²) in [5, 5.41) is 11.2. The van der Waals surface area contributed by atoms with Crippen LogP contribution in [0, 0.1) is 0 Å². The van der Waals surface area contributed by atoms with Crippen molar-refractivity contribution in [3.05, 3.63) is 47.9 Å². The number of fused-ring (bicyclic) bond motifs is 1. The summed E-state index contributed by atoms with van der Waals surface area (Å²) < 4.78 is 12.4. The Balaban J connectivity index is 1.51. The maximum absolute atomic E-state index is 12.6. The maximum atomic E-state index is 12.6. The fraction of sp³-hybridized carbons (Fsp3) is 0.235. The van der Waals surface area contributed by atoms with E-state index in [9.17, 15) is 4.79 Å². The first kappa shape index (κ1) is 15.3. The molecule has 1 N–H and O–H groups in total. The molecule has 1 amide bonds. The van der Waals surface area contributed by atoms with Gasteiger partial charge in [0, 0.05) is 38.0 Å². The number of rotatable bonds is 4. The first-order chi connectivity index (χ1) is 12.1. The van der Waals surface area contributed by atoms with Crippen molar-refractivity contribution in [1.82, 2.24) is 24.9 Å². The molecule has 0 spiro atoms. The highest BCUT2D eigenvalue weighted by Gasteiger charge is 2.18. The van der Waals surface area contributed by atoms with Crippen LogP contribution in [0.3, 0.4) is 0 Å². The van der Waals surface area contributed by atoms with E-state index in [0.717, 1.165) is 11.1 Å². The molecule has 0 fully saturated rings.